The second-order valence-electron chi connectivity index (χ2n) is 3.96. The van der Waals surface area contributed by atoms with Gasteiger partial charge in [0.2, 0.25) is 0 Å². The lowest BCUT2D eigenvalue weighted by molar-refractivity contribution is -0.128. The van der Waals surface area contributed by atoms with Crippen molar-refractivity contribution in [2.24, 2.45) is 5.73 Å². The van der Waals surface area contributed by atoms with Crippen molar-refractivity contribution in [1.82, 2.24) is 4.98 Å². The lowest BCUT2D eigenvalue weighted by atomic mass is 10.2. The number of carbonyl (C=O) groups is 2. The quantitative estimate of drug-likeness (QED) is 0.701. The summed E-state index contributed by atoms with van der Waals surface area (Å²) >= 11 is 0. The molecule has 0 saturated heterocycles. The number of esters is 1. The molecule has 1 heterocycles. The summed E-state index contributed by atoms with van der Waals surface area (Å²) < 4.78 is 5.03. The van der Waals surface area contributed by atoms with Gasteiger partial charge in [-0.15, -0.1) is 0 Å². The van der Waals surface area contributed by atoms with Gasteiger partial charge in [-0.2, -0.15) is 0 Å². The summed E-state index contributed by atoms with van der Waals surface area (Å²) in [5, 5.41) is 8.82. The number of carbonyl (C=O) groups excluding carboxylic acids is 2. The lowest BCUT2D eigenvalue weighted by Gasteiger charge is -2.12. The minimum absolute atomic E-state index is 0.0923. The van der Waals surface area contributed by atoms with Crippen molar-refractivity contribution in [3.63, 3.8) is 0 Å². The number of nitrogens with zero attached hydrogens (tertiary/aromatic N) is 1. The van der Waals surface area contributed by atoms with E-state index < -0.39 is 17.5 Å². The number of aliphatic hydroxyl groups excluding tert-OH is 1. The van der Waals surface area contributed by atoms with Crippen LogP contribution in [0.5, 0.6) is 0 Å². The van der Waals surface area contributed by atoms with Crippen LogP contribution in [-0.2, 0) is 16.1 Å². The first kappa shape index (κ1) is 11.5. The molecule has 1 amide bonds. The van der Waals surface area contributed by atoms with Crippen LogP contribution in [0.2, 0.25) is 0 Å². The Kier molecular flexibility index (Phi) is 2.81. The molecule has 0 aromatic carbocycles. The van der Waals surface area contributed by atoms with Crippen molar-refractivity contribution in [2.45, 2.75) is 25.0 Å². The van der Waals surface area contributed by atoms with Crippen LogP contribution in [0.15, 0.2) is 18.3 Å². The number of aromatic nitrogens is 1. The third-order valence-electron chi connectivity index (χ3n) is 2.66. The van der Waals surface area contributed by atoms with Crippen LogP contribution in [0.3, 0.4) is 0 Å². The van der Waals surface area contributed by atoms with Crippen molar-refractivity contribution >= 4 is 11.9 Å². The van der Waals surface area contributed by atoms with E-state index in [2.05, 4.69) is 4.98 Å². The molecule has 1 aliphatic carbocycles. The Bertz CT molecular complexity index is 451. The first-order valence-corrected chi connectivity index (χ1v) is 5.16. The Morgan fingerprint density at radius 2 is 2.18 bits per heavy atom. The lowest BCUT2D eigenvalue weighted by Crippen LogP contribution is -2.35. The smallest absolute Gasteiger partial charge is 0.357 e. The van der Waals surface area contributed by atoms with Gasteiger partial charge in [0.15, 0.2) is 5.60 Å². The van der Waals surface area contributed by atoms with Gasteiger partial charge in [-0.25, -0.2) is 9.78 Å². The first-order valence-electron chi connectivity index (χ1n) is 5.16. The van der Waals surface area contributed by atoms with Gasteiger partial charge >= 0.3 is 5.97 Å². The van der Waals surface area contributed by atoms with Gasteiger partial charge < -0.3 is 15.6 Å². The largest absolute Gasteiger partial charge is 0.444 e. The molecule has 1 aromatic heterocycles. The molecule has 6 nitrogen and oxygen atoms in total. The van der Waals surface area contributed by atoms with Crippen LogP contribution in [0.25, 0.3) is 0 Å². The Labute approximate surface area is 97.4 Å². The highest BCUT2D eigenvalue weighted by Crippen LogP contribution is 2.39. The molecule has 0 unspecified atom stereocenters. The molecule has 0 atom stereocenters. The van der Waals surface area contributed by atoms with Crippen LogP contribution < -0.4 is 5.73 Å². The van der Waals surface area contributed by atoms with Crippen LogP contribution >= 0.6 is 0 Å². The van der Waals surface area contributed by atoms with E-state index in [4.69, 9.17) is 15.6 Å². The Hall–Kier alpha value is -1.95. The third kappa shape index (κ3) is 2.26. The average molecular weight is 236 g/mol. The number of pyridine rings is 1. The minimum Gasteiger partial charge on any atom is -0.444 e. The maximum atomic E-state index is 11.6. The number of amides is 1. The van der Waals surface area contributed by atoms with E-state index in [9.17, 15) is 9.59 Å². The predicted octanol–water partition coefficient (Wildman–Crippen LogP) is -0.251. The van der Waals surface area contributed by atoms with Gasteiger partial charge in [0.05, 0.1) is 6.61 Å². The molecule has 0 bridgehead atoms. The third-order valence-corrected chi connectivity index (χ3v) is 2.66. The molecule has 2 rings (SSSR count). The molecule has 6 heteroatoms. The summed E-state index contributed by atoms with van der Waals surface area (Å²) in [4.78, 5) is 26.5. The van der Waals surface area contributed by atoms with E-state index >= 15 is 0 Å². The highest BCUT2D eigenvalue weighted by atomic mass is 16.6. The van der Waals surface area contributed by atoms with E-state index in [-0.39, 0.29) is 12.3 Å². The normalized spacial score (nSPS) is 16.3. The second-order valence-corrected chi connectivity index (χ2v) is 3.96. The van der Waals surface area contributed by atoms with E-state index in [0.717, 1.165) is 0 Å². The molecular formula is C11H12N2O4. The zero-order valence-electron chi connectivity index (χ0n) is 9.05. The molecule has 1 saturated carbocycles. The van der Waals surface area contributed by atoms with Crippen molar-refractivity contribution in [3.05, 3.63) is 29.6 Å². The number of nitrogens with two attached hydrogens (primary N) is 1. The topological polar surface area (TPSA) is 103 Å². The van der Waals surface area contributed by atoms with Gasteiger partial charge in [0.1, 0.15) is 5.69 Å². The fourth-order valence-corrected chi connectivity index (χ4v) is 1.38. The molecule has 0 radical (unpaired) electrons. The van der Waals surface area contributed by atoms with E-state index in [1.165, 1.54) is 12.3 Å². The minimum atomic E-state index is -1.13. The molecule has 0 spiro atoms. The fourth-order valence-electron chi connectivity index (χ4n) is 1.38. The van der Waals surface area contributed by atoms with Crippen LogP contribution in [0, 0.1) is 0 Å². The SMILES string of the molecule is NC(=O)C1(OC(=O)c2ccc(CO)cn2)CC1. The van der Waals surface area contributed by atoms with Crippen LogP contribution in [-0.4, -0.2) is 27.6 Å². The zero-order valence-corrected chi connectivity index (χ0v) is 9.05. The number of ether oxygens (including phenoxy) is 1. The molecule has 1 aromatic rings. The van der Waals surface area contributed by atoms with Crippen molar-refractivity contribution in [3.8, 4) is 0 Å². The average Bonchev–Trinajstić information content (AvgIpc) is 3.10. The number of aliphatic hydroxyl groups is 1. The maximum absolute atomic E-state index is 11.6. The highest BCUT2D eigenvalue weighted by molar-refractivity contribution is 5.93. The van der Waals surface area contributed by atoms with Gasteiger partial charge in [-0.3, -0.25) is 4.79 Å². The summed E-state index contributed by atoms with van der Waals surface area (Å²) in [6.07, 6.45) is 2.30. The molecule has 3 N–H and O–H groups in total. The number of primary amides is 1. The first-order chi connectivity index (χ1) is 8.07. The second kappa shape index (κ2) is 4.14. The summed E-state index contributed by atoms with van der Waals surface area (Å²) in [6.45, 7) is -0.145. The molecule has 90 valence electrons. The predicted molar refractivity (Wildman–Crippen MR) is 56.7 cm³/mol. The van der Waals surface area contributed by atoms with Gasteiger partial charge in [0, 0.05) is 19.0 Å². The monoisotopic (exact) mass is 236 g/mol. The van der Waals surface area contributed by atoms with Crippen molar-refractivity contribution < 1.29 is 19.4 Å². The maximum Gasteiger partial charge on any atom is 0.357 e. The molecule has 1 fully saturated rings. The number of rotatable bonds is 4. The van der Waals surface area contributed by atoms with E-state index in [0.29, 0.717) is 18.4 Å². The molecule has 0 aliphatic heterocycles. The van der Waals surface area contributed by atoms with E-state index in [1.807, 2.05) is 0 Å². The van der Waals surface area contributed by atoms with Crippen LogP contribution in [0.1, 0.15) is 28.9 Å². The fraction of sp³-hybridized carbons (Fsp3) is 0.364. The number of hydrogen-bond acceptors (Lipinski definition) is 5. The summed E-state index contributed by atoms with van der Waals surface area (Å²) in [5.41, 5.74) is 4.69. The number of hydrogen-bond donors (Lipinski definition) is 2. The Morgan fingerprint density at radius 1 is 1.47 bits per heavy atom. The Balaban J connectivity index is 2.07. The standard InChI is InChI=1S/C11H12N2O4/c12-10(16)11(3-4-11)17-9(15)8-2-1-7(6-14)5-13-8/h1-2,5,14H,3-4,6H2,(H2,12,16). The molecule has 1 aliphatic rings. The molecular weight excluding hydrogens is 224 g/mol. The van der Waals surface area contributed by atoms with E-state index in [1.54, 1.807) is 6.07 Å². The van der Waals surface area contributed by atoms with Crippen LogP contribution in [0.4, 0.5) is 0 Å². The van der Waals surface area contributed by atoms with Gasteiger partial charge in [0.25, 0.3) is 5.91 Å². The summed E-state index contributed by atoms with van der Waals surface area (Å²) in [7, 11) is 0. The van der Waals surface area contributed by atoms with Crippen molar-refractivity contribution in [2.75, 3.05) is 0 Å². The summed E-state index contributed by atoms with van der Waals surface area (Å²) in [5.74, 6) is -1.30. The highest BCUT2D eigenvalue weighted by Gasteiger charge is 2.53. The van der Waals surface area contributed by atoms with Gasteiger partial charge in [-0.1, -0.05) is 6.07 Å². The van der Waals surface area contributed by atoms with Crippen molar-refractivity contribution in [1.29, 1.82) is 0 Å². The molecule has 17 heavy (non-hydrogen) atoms. The zero-order chi connectivity index (χ0) is 12.5. The van der Waals surface area contributed by atoms with Gasteiger partial charge in [-0.05, 0) is 11.6 Å². The Morgan fingerprint density at radius 3 is 2.59 bits per heavy atom. The summed E-state index contributed by atoms with van der Waals surface area (Å²) in [6, 6.07) is 3.00.